The van der Waals surface area contributed by atoms with Gasteiger partial charge in [-0.1, -0.05) is 0 Å². The van der Waals surface area contributed by atoms with Crippen molar-refractivity contribution in [2.24, 2.45) is 11.7 Å². The molecule has 3 heterocycles. The van der Waals surface area contributed by atoms with Gasteiger partial charge in [-0.25, -0.2) is 13.6 Å². The molecular formula is C18H23F2N5O2. The van der Waals surface area contributed by atoms with Gasteiger partial charge in [0.15, 0.2) is 5.82 Å². The van der Waals surface area contributed by atoms with E-state index in [4.69, 9.17) is 11.6 Å². The van der Waals surface area contributed by atoms with E-state index in [9.17, 15) is 18.4 Å². The van der Waals surface area contributed by atoms with E-state index in [2.05, 4.69) is 0 Å². The number of aryl methyl sites for hydroxylation is 1. The lowest BCUT2D eigenvalue weighted by Crippen LogP contribution is -2.44. The third kappa shape index (κ3) is 2.72. The molecule has 2 fully saturated rings. The van der Waals surface area contributed by atoms with Gasteiger partial charge >= 0.3 is 5.69 Å². The molecule has 0 radical (unpaired) electrons. The van der Waals surface area contributed by atoms with Crippen molar-refractivity contribution in [3.05, 3.63) is 44.0 Å². The van der Waals surface area contributed by atoms with Gasteiger partial charge in [0, 0.05) is 30.3 Å². The molecule has 1 saturated carbocycles. The van der Waals surface area contributed by atoms with Crippen LogP contribution in [-0.2, 0) is 0 Å². The van der Waals surface area contributed by atoms with Crippen LogP contribution in [0, 0.1) is 18.7 Å². The van der Waals surface area contributed by atoms with Crippen LogP contribution in [0.4, 0.5) is 14.5 Å². The molecule has 2 unspecified atom stereocenters. The fraction of sp³-hybridized carbons (Fsp3) is 0.556. The molecule has 0 spiro atoms. The molecule has 0 bridgehead atoms. The van der Waals surface area contributed by atoms with Gasteiger partial charge in [-0.05, 0) is 38.0 Å². The minimum atomic E-state index is -0.772. The van der Waals surface area contributed by atoms with Crippen LogP contribution >= 0.6 is 0 Å². The van der Waals surface area contributed by atoms with Gasteiger partial charge in [0.05, 0.1) is 17.4 Å². The molecule has 146 valence electrons. The molecule has 2 aromatic rings. The molecule has 1 saturated heterocycles. The Hall–Kier alpha value is -2.42. The maximum atomic E-state index is 15.0. The largest absolute Gasteiger partial charge is 0.368 e. The Kier molecular flexibility index (Phi) is 4.21. The number of nitrogens with two attached hydrogens (primary N) is 2. The van der Waals surface area contributed by atoms with Crippen molar-refractivity contribution >= 4 is 11.2 Å². The average molecular weight is 379 g/mol. The summed E-state index contributed by atoms with van der Waals surface area (Å²) < 4.78 is 29.5. The summed E-state index contributed by atoms with van der Waals surface area (Å²) in [5, 5.41) is 0. The Morgan fingerprint density at radius 3 is 2.63 bits per heavy atom. The van der Waals surface area contributed by atoms with Crippen LogP contribution in [0.25, 0.3) is 5.52 Å². The van der Waals surface area contributed by atoms with E-state index < -0.39 is 29.8 Å². The summed E-state index contributed by atoms with van der Waals surface area (Å²) in [6.45, 7) is 2.08. The highest BCUT2D eigenvalue weighted by molar-refractivity contribution is 5.72. The highest BCUT2D eigenvalue weighted by Gasteiger charge is 2.34. The highest BCUT2D eigenvalue weighted by Crippen LogP contribution is 2.42. The van der Waals surface area contributed by atoms with E-state index in [-0.39, 0.29) is 11.8 Å². The lowest BCUT2D eigenvalue weighted by atomic mass is 10.0. The van der Waals surface area contributed by atoms with Crippen molar-refractivity contribution in [3.63, 3.8) is 0 Å². The molecule has 1 aliphatic carbocycles. The molecule has 0 aromatic carbocycles. The fourth-order valence-electron chi connectivity index (χ4n) is 4.22. The van der Waals surface area contributed by atoms with Crippen LogP contribution in [0.2, 0.25) is 0 Å². The number of hydrogen-bond acceptors (Lipinski definition) is 5. The second-order valence-electron chi connectivity index (χ2n) is 7.63. The van der Waals surface area contributed by atoms with Gasteiger partial charge in [0.1, 0.15) is 6.67 Å². The topological polar surface area (TPSA) is 98.8 Å². The lowest BCUT2D eigenvalue weighted by molar-refractivity contribution is 0.350. The molecule has 2 aromatic heterocycles. The number of anilines is 1. The smallest absolute Gasteiger partial charge is 0.354 e. The first-order valence-electron chi connectivity index (χ1n) is 9.17. The van der Waals surface area contributed by atoms with E-state index in [1.54, 1.807) is 6.92 Å². The fourth-order valence-corrected chi connectivity index (χ4v) is 4.22. The third-order valence-corrected chi connectivity index (χ3v) is 5.85. The first-order chi connectivity index (χ1) is 12.8. The van der Waals surface area contributed by atoms with Crippen LogP contribution in [0.1, 0.15) is 36.3 Å². The SMILES string of the molecule is Cc1c(N2CCC(C(N)CF)C2)c(F)cn2c(=O)n(N)c(=O)c(C3CC3)c12. The van der Waals surface area contributed by atoms with Gasteiger partial charge in [-0.2, -0.15) is 4.68 Å². The number of hydrogen-bond donors (Lipinski definition) is 2. The molecule has 4 N–H and O–H groups in total. The van der Waals surface area contributed by atoms with Gasteiger partial charge in [-0.15, -0.1) is 0 Å². The van der Waals surface area contributed by atoms with Crippen LogP contribution in [-0.4, -0.2) is 34.9 Å². The van der Waals surface area contributed by atoms with Crippen LogP contribution < -0.4 is 27.7 Å². The van der Waals surface area contributed by atoms with Gasteiger partial charge in [0.2, 0.25) is 0 Å². The van der Waals surface area contributed by atoms with Gasteiger partial charge in [0.25, 0.3) is 5.56 Å². The zero-order valence-corrected chi connectivity index (χ0v) is 15.1. The summed E-state index contributed by atoms with van der Waals surface area (Å²) in [6.07, 6.45) is 3.44. The van der Waals surface area contributed by atoms with E-state index in [0.717, 1.165) is 23.4 Å². The summed E-state index contributed by atoms with van der Waals surface area (Å²) in [5.74, 6) is 5.03. The molecule has 2 atom stereocenters. The normalized spacial score (nSPS) is 21.2. The van der Waals surface area contributed by atoms with Crippen LogP contribution in [0.3, 0.4) is 0 Å². The molecule has 1 aliphatic heterocycles. The molecule has 27 heavy (non-hydrogen) atoms. The monoisotopic (exact) mass is 379 g/mol. The number of pyridine rings is 1. The van der Waals surface area contributed by atoms with Crippen molar-refractivity contribution in [2.45, 2.75) is 38.1 Å². The lowest BCUT2D eigenvalue weighted by Gasteiger charge is -2.24. The minimum absolute atomic E-state index is 0.0335. The average Bonchev–Trinajstić information content (AvgIpc) is 3.37. The quantitative estimate of drug-likeness (QED) is 0.759. The van der Waals surface area contributed by atoms with E-state index in [1.807, 2.05) is 4.90 Å². The third-order valence-electron chi connectivity index (χ3n) is 5.85. The summed E-state index contributed by atoms with van der Waals surface area (Å²) in [5.41, 5.74) is 6.29. The predicted octanol–water partition coefficient (Wildman–Crippen LogP) is 0.623. The summed E-state index contributed by atoms with van der Waals surface area (Å²) in [6, 6.07) is -0.576. The Labute approximate surface area is 154 Å². The maximum absolute atomic E-state index is 15.0. The van der Waals surface area contributed by atoms with E-state index in [1.165, 1.54) is 0 Å². The van der Waals surface area contributed by atoms with Crippen molar-refractivity contribution < 1.29 is 8.78 Å². The number of rotatable bonds is 4. The highest BCUT2D eigenvalue weighted by atomic mass is 19.1. The first-order valence-corrected chi connectivity index (χ1v) is 9.17. The Balaban J connectivity index is 1.91. The molecular weight excluding hydrogens is 356 g/mol. The van der Waals surface area contributed by atoms with Gasteiger partial charge in [-0.3, -0.25) is 9.20 Å². The number of alkyl halides is 1. The van der Waals surface area contributed by atoms with E-state index >= 15 is 0 Å². The van der Waals surface area contributed by atoms with E-state index in [0.29, 0.717) is 46.5 Å². The second-order valence-corrected chi connectivity index (χ2v) is 7.63. The summed E-state index contributed by atoms with van der Waals surface area (Å²) in [4.78, 5) is 26.9. The molecule has 0 amide bonds. The number of aromatic nitrogens is 2. The summed E-state index contributed by atoms with van der Waals surface area (Å²) >= 11 is 0. The van der Waals surface area contributed by atoms with Crippen molar-refractivity contribution in [3.8, 4) is 0 Å². The van der Waals surface area contributed by atoms with Crippen LogP contribution in [0.5, 0.6) is 0 Å². The van der Waals surface area contributed by atoms with Gasteiger partial charge < -0.3 is 16.5 Å². The zero-order valence-electron chi connectivity index (χ0n) is 15.1. The Bertz CT molecular complexity index is 1030. The number of fused-ring (bicyclic) bond motifs is 1. The molecule has 4 rings (SSSR count). The molecule has 9 heteroatoms. The number of halogens is 2. The van der Waals surface area contributed by atoms with Crippen molar-refractivity contribution in [2.75, 3.05) is 30.5 Å². The first kappa shape index (κ1) is 18.0. The number of nitrogen functional groups attached to an aromatic ring is 1. The number of nitrogens with zero attached hydrogens (tertiary/aromatic N) is 3. The predicted molar refractivity (Wildman–Crippen MR) is 99.0 cm³/mol. The minimum Gasteiger partial charge on any atom is -0.368 e. The molecule has 2 aliphatic rings. The van der Waals surface area contributed by atoms with Crippen LogP contribution in [0.15, 0.2) is 15.8 Å². The standard InChI is InChI=1S/C18H23F2N5O2/c1-9-15(23-5-4-11(7-23)13(21)6-19)12(20)8-24-16(9)14(10-2-3-10)17(26)25(22)18(24)27/h8,10-11,13H,2-7,21-22H2,1H3. The Morgan fingerprint density at radius 2 is 2.00 bits per heavy atom. The zero-order chi connectivity index (χ0) is 19.5. The van der Waals surface area contributed by atoms with Crippen molar-refractivity contribution in [1.29, 1.82) is 0 Å². The molecule has 7 nitrogen and oxygen atoms in total. The maximum Gasteiger partial charge on any atom is 0.354 e. The second kappa shape index (κ2) is 6.33. The van der Waals surface area contributed by atoms with Crippen molar-refractivity contribution in [1.82, 2.24) is 9.08 Å². The Morgan fingerprint density at radius 1 is 1.30 bits per heavy atom. The summed E-state index contributed by atoms with van der Waals surface area (Å²) in [7, 11) is 0.